The summed E-state index contributed by atoms with van der Waals surface area (Å²) in [7, 11) is -3.57. The molecule has 1 aromatic heterocycles. The van der Waals surface area contributed by atoms with Gasteiger partial charge in [-0.2, -0.15) is 0 Å². The number of nitrogens with zero attached hydrogens (tertiary/aromatic N) is 1. The third-order valence-corrected chi connectivity index (χ3v) is 4.13. The number of hydrogen-bond acceptors (Lipinski definition) is 3. The molecule has 0 saturated carbocycles. The van der Waals surface area contributed by atoms with Crippen molar-refractivity contribution < 1.29 is 8.42 Å². The largest absolute Gasteiger partial charge is 0.332 e. The number of hydrogen-bond donors (Lipinski definition) is 2. The van der Waals surface area contributed by atoms with Crippen molar-refractivity contribution >= 4 is 21.6 Å². The van der Waals surface area contributed by atoms with Gasteiger partial charge in [0.25, 0.3) is 10.0 Å². The van der Waals surface area contributed by atoms with E-state index in [1.807, 2.05) is 6.92 Å². The van der Waals surface area contributed by atoms with Crippen molar-refractivity contribution in [2.45, 2.75) is 24.9 Å². The molecular formula is C12H14ClN3O2S. The molecule has 19 heavy (non-hydrogen) atoms. The van der Waals surface area contributed by atoms with Gasteiger partial charge in [-0.1, -0.05) is 30.7 Å². The van der Waals surface area contributed by atoms with Crippen molar-refractivity contribution in [1.82, 2.24) is 14.7 Å². The van der Waals surface area contributed by atoms with Crippen LogP contribution in [0.2, 0.25) is 5.02 Å². The van der Waals surface area contributed by atoms with Gasteiger partial charge in [0.05, 0.1) is 6.20 Å². The standard InChI is InChI=1S/C12H14ClN3O2S/c1-2-11-14-8-12(16-11)19(17,18)15-7-9-4-3-5-10(13)6-9/h3-6,8,15H,2,7H2,1H3,(H,14,16). The number of H-pyrrole nitrogens is 1. The fourth-order valence-corrected chi connectivity index (χ4v) is 2.73. The Balaban J connectivity index is 2.09. The molecule has 0 aliphatic rings. The maximum absolute atomic E-state index is 12.0. The lowest BCUT2D eigenvalue weighted by Gasteiger charge is -2.05. The molecule has 0 aliphatic heterocycles. The Morgan fingerprint density at radius 2 is 2.21 bits per heavy atom. The monoisotopic (exact) mass is 299 g/mol. The van der Waals surface area contributed by atoms with Crippen molar-refractivity contribution in [1.29, 1.82) is 0 Å². The number of aromatic amines is 1. The smallest absolute Gasteiger partial charge is 0.257 e. The van der Waals surface area contributed by atoms with Crippen molar-refractivity contribution in [3.8, 4) is 0 Å². The highest BCUT2D eigenvalue weighted by Crippen LogP contribution is 2.12. The first-order valence-corrected chi connectivity index (χ1v) is 7.65. The highest BCUT2D eigenvalue weighted by atomic mass is 35.5. The fourth-order valence-electron chi connectivity index (χ4n) is 1.56. The number of aromatic nitrogens is 2. The third kappa shape index (κ3) is 3.56. The first kappa shape index (κ1) is 14.0. The van der Waals surface area contributed by atoms with Gasteiger partial charge in [-0.15, -0.1) is 0 Å². The molecule has 2 rings (SSSR count). The Hall–Kier alpha value is -1.37. The van der Waals surface area contributed by atoms with Crippen LogP contribution in [0.3, 0.4) is 0 Å². The van der Waals surface area contributed by atoms with Crippen LogP contribution < -0.4 is 4.72 Å². The Kier molecular flexibility index (Phi) is 4.24. The number of aryl methyl sites for hydroxylation is 1. The van der Waals surface area contributed by atoms with Crippen LogP contribution in [0.1, 0.15) is 18.3 Å². The second-order valence-corrected chi connectivity index (χ2v) is 6.17. The van der Waals surface area contributed by atoms with Crippen LogP contribution in [0.4, 0.5) is 0 Å². The van der Waals surface area contributed by atoms with Gasteiger partial charge in [0, 0.05) is 18.0 Å². The number of halogens is 1. The number of benzene rings is 1. The number of imidazole rings is 1. The normalized spacial score (nSPS) is 11.7. The van der Waals surface area contributed by atoms with E-state index in [0.29, 0.717) is 17.3 Å². The SMILES string of the molecule is CCc1ncc(S(=O)(=O)NCc2cccc(Cl)c2)[nH]1. The molecule has 0 aliphatic carbocycles. The van der Waals surface area contributed by atoms with Crippen LogP contribution in [-0.4, -0.2) is 18.4 Å². The summed E-state index contributed by atoms with van der Waals surface area (Å²) < 4.78 is 26.5. The molecule has 0 amide bonds. The van der Waals surface area contributed by atoms with E-state index in [1.165, 1.54) is 6.20 Å². The number of rotatable bonds is 5. The molecule has 0 atom stereocenters. The van der Waals surface area contributed by atoms with Crippen LogP contribution in [0, 0.1) is 0 Å². The molecule has 0 spiro atoms. The van der Waals surface area contributed by atoms with E-state index in [-0.39, 0.29) is 11.6 Å². The van der Waals surface area contributed by atoms with Crippen LogP contribution in [0.15, 0.2) is 35.5 Å². The Bertz CT molecular complexity index is 667. The second-order valence-electron chi connectivity index (χ2n) is 4.00. The quantitative estimate of drug-likeness (QED) is 0.888. The van der Waals surface area contributed by atoms with Crippen LogP contribution in [-0.2, 0) is 23.0 Å². The van der Waals surface area contributed by atoms with Gasteiger partial charge in [0.15, 0.2) is 5.03 Å². The maximum atomic E-state index is 12.0. The van der Waals surface area contributed by atoms with E-state index in [1.54, 1.807) is 24.3 Å². The molecule has 1 aromatic carbocycles. The summed E-state index contributed by atoms with van der Waals surface area (Å²) >= 11 is 5.84. The minimum absolute atomic E-state index is 0.0754. The maximum Gasteiger partial charge on any atom is 0.257 e. The van der Waals surface area contributed by atoms with Gasteiger partial charge in [-0.25, -0.2) is 18.1 Å². The number of sulfonamides is 1. The molecule has 2 aromatic rings. The van der Waals surface area contributed by atoms with Gasteiger partial charge in [-0.05, 0) is 17.7 Å². The topological polar surface area (TPSA) is 74.8 Å². The van der Waals surface area contributed by atoms with Crippen LogP contribution in [0.5, 0.6) is 0 Å². The molecule has 5 nitrogen and oxygen atoms in total. The summed E-state index contributed by atoms with van der Waals surface area (Å²) in [6.45, 7) is 2.08. The van der Waals surface area contributed by atoms with Gasteiger partial charge < -0.3 is 4.98 Å². The fraction of sp³-hybridized carbons (Fsp3) is 0.250. The van der Waals surface area contributed by atoms with Crippen molar-refractivity contribution in [2.24, 2.45) is 0 Å². The third-order valence-electron chi connectivity index (χ3n) is 2.58. The van der Waals surface area contributed by atoms with E-state index in [2.05, 4.69) is 14.7 Å². The lowest BCUT2D eigenvalue weighted by Crippen LogP contribution is -2.23. The Morgan fingerprint density at radius 3 is 2.84 bits per heavy atom. The molecule has 0 fully saturated rings. The molecule has 0 bridgehead atoms. The van der Waals surface area contributed by atoms with Crippen molar-refractivity contribution in [3.63, 3.8) is 0 Å². The highest BCUT2D eigenvalue weighted by Gasteiger charge is 2.16. The predicted molar refractivity (Wildman–Crippen MR) is 73.4 cm³/mol. The van der Waals surface area contributed by atoms with Crippen molar-refractivity contribution in [2.75, 3.05) is 0 Å². The summed E-state index contributed by atoms with van der Waals surface area (Å²) in [4.78, 5) is 6.74. The molecule has 0 saturated heterocycles. The van der Waals surface area contributed by atoms with Crippen molar-refractivity contribution in [3.05, 3.63) is 46.9 Å². The van der Waals surface area contributed by atoms with Gasteiger partial charge in [0.2, 0.25) is 0 Å². The van der Waals surface area contributed by atoms with E-state index < -0.39 is 10.0 Å². The minimum Gasteiger partial charge on any atom is -0.332 e. The molecule has 1 heterocycles. The average Bonchev–Trinajstić information content (AvgIpc) is 2.86. The van der Waals surface area contributed by atoms with Crippen LogP contribution in [0.25, 0.3) is 0 Å². The Morgan fingerprint density at radius 1 is 1.42 bits per heavy atom. The Labute approximate surface area is 117 Å². The molecule has 102 valence electrons. The summed E-state index contributed by atoms with van der Waals surface area (Å²) in [6, 6.07) is 7.03. The average molecular weight is 300 g/mol. The summed E-state index contributed by atoms with van der Waals surface area (Å²) in [6.07, 6.45) is 1.98. The first-order chi connectivity index (χ1) is 9.01. The van der Waals surface area contributed by atoms with Crippen LogP contribution >= 0.6 is 11.6 Å². The van der Waals surface area contributed by atoms with E-state index in [9.17, 15) is 8.42 Å². The van der Waals surface area contributed by atoms with Gasteiger partial charge >= 0.3 is 0 Å². The first-order valence-electron chi connectivity index (χ1n) is 5.79. The molecule has 0 unspecified atom stereocenters. The number of nitrogens with one attached hydrogen (secondary N) is 2. The van der Waals surface area contributed by atoms with E-state index in [0.717, 1.165) is 5.56 Å². The zero-order valence-corrected chi connectivity index (χ0v) is 11.9. The molecular weight excluding hydrogens is 286 g/mol. The zero-order chi connectivity index (χ0) is 13.9. The summed E-state index contributed by atoms with van der Waals surface area (Å²) in [5.41, 5.74) is 0.798. The minimum atomic E-state index is -3.57. The zero-order valence-electron chi connectivity index (χ0n) is 10.4. The lowest BCUT2D eigenvalue weighted by molar-refractivity contribution is 0.578. The second kappa shape index (κ2) is 5.73. The van der Waals surface area contributed by atoms with E-state index >= 15 is 0 Å². The molecule has 7 heteroatoms. The lowest BCUT2D eigenvalue weighted by atomic mass is 10.2. The van der Waals surface area contributed by atoms with E-state index in [4.69, 9.17) is 11.6 Å². The predicted octanol–water partition coefficient (Wildman–Crippen LogP) is 2.10. The summed E-state index contributed by atoms with van der Waals surface area (Å²) in [5, 5.41) is 0.651. The van der Waals surface area contributed by atoms with Gasteiger partial charge in [-0.3, -0.25) is 0 Å². The van der Waals surface area contributed by atoms with Gasteiger partial charge in [0.1, 0.15) is 5.82 Å². The highest BCUT2D eigenvalue weighted by molar-refractivity contribution is 7.89. The summed E-state index contributed by atoms with van der Waals surface area (Å²) in [5.74, 6) is 0.642. The molecule has 2 N–H and O–H groups in total. The molecule has 0 radical (unpaired) electrons.